The number of nitrogens with zero attached hydrogens (tertiary/aromatic N) is 6. The number of hydrogen-bond donors (Lipinski definition) is 3. The van der Waals surface area contributed by atoms with Crippen LogP contribution in [0.3, 0.4) is 0 Å². The number of fused-ring (bicyclic) bond motifs is 1. The van der Waals surface area contributed by atoms with Crippen molar-refractivity contribution >= 4 is 34.4 Å². The molecule has 1 atom stereocenters. The third-order valence-corrected chi connectivity index (χ3v) is 8.56. The third-order valence-electron chi connectivity index (χ3n) is 8.56. The number of likely N-dealkylation sites (N-methyl/N-ethyl adjacent to an activating group) is 1. The summed E-state index contributed by atoms with van der Waals surface area (Å²) in [7, 11) is 3.94. The van der Waals surface area contributed by atoms with Gasteiger partial charge in [-0.25, -0.2) is 9.97 Å². The predicted octanol–water partition coefficient (Wildman–Crippen LogP) is 3.62. The lowest BCUT2D eigenvalue weighted by Gasteiger charge is -2.33. The van der Waals surface area contributed by atoms with Gasteiger partial charge in [-0.3, -0.25) is 19.5 Å². The van der Waals surface area contributed by atoms with Gasteiger partial charge in [0.15, 0.2) is 0 Å². The molecular weight excluding hydrogens is 594 g/mol. The Morgan fingerprint density at radius 2 is 1.94 bits per heavy atom. The van der Waals surface area contributed by atoms with Crippen molar-refractivity contribution in [1.29, 1.82) is 0 Å². The Balaban J connectivity index is 1.08. The van der Waals surface area contributed by atoms with E-state index in [4.69, 9.17) is 4.74 Å². The summed E-state index contributed by atoms with van der Waals surface area (Å²) < 4.78 is 5.51. The Kier molecular flexibility index (Phi) is 10.2. The summed E-state index contributed by atoms with van der Waals surface area (Å²) in [5, 5.41) is 7.15. The zero-order chi connectivity index (χ0) is 32.8. The fourth-order valence-corrected chi connectivity index (χ4v) is 6.16. The highest BCUT2D eigenvalue weighted by Crippen LogP contribution is 2.31. The number of aromatic nitrogens is 4. The van der Waals surface area contributed by atoms with Gasteiger partial charge in [0, 0.05) is 62.4 Å². The van der Waals surface area contributed by atoms with Gasteiger partial charge in [-0.05, 0) is 87.4 Å². The summed E-state index contributed by atoms with van der Waals surface area (Å²) in [6, 6.07) is 11.9. The molecule has 47 heavy (non-hydrogen) atoms. The molecule has 0 radical (unpaired) electrons. The lowest BCUT2D eigenvalue weighted by molar-refractivity contribution is -0.117. The SMILES string of the molecule is Cc1cc(-c2cc3c(N4CCOCC4)ncnc3[nH]2)ccc1NC(=O)c1cc(CN2CCCC(NC(=O)/C=C/CN(C)C)C2)ccn1. The molecule has 1 aromatic carbocycles. The predicted molar refractivity (Wildman–Crippen MR) is 183 cm³/mol. The zero-order valence-corrected chi connectivity index (χ0v) is 27.3. The molecule has 0 bridgehead atoms. The number of benzene rings is 1. The van der Waals surface area contributed by atoms with E-state index in [-0.39, 0.29) is 17.9 Å². The van der Waals surface area contributed by atoms with E-state index in [9.17, 15) is 9.59 Å². The van der Waals surface area contributed by atoms with Crippen molar-refractivity contribution in [3.8, 4) is 11.3 Å². The Labute approximate surface area is 275 Å². The maximum Gasteiger partial charge on any atom is 0.274 e. The van der Waals surface area contributed by atoms with Crippen LogP contribution in [0.4, 0.5) is 11.5 Å². The van der Waals surface area contributed by atoms with Crippen LogP contribution in [-0.2, 0) is 16.1 Å². The van der Waals surface area contributed by atoms with Crippen LogP contribution in [0, 0.1) is 6.92 Å². The Morgan fingerprint density at radius 3 is 2.74 bits per heavy atom. The number of carbonyl (C=O) groups is 2. The summed E-state index contributed by atoms with van der Waals surface area (Å²) in [4.78, 5) is 49.0. The standard InChI is InChI=1S/C35H43N9O3/c1-24-18-26(30-20-28-33(40-30)37-23-38-34(28)44-14-16-47-17-15-44)8-9-29(24)41-35(46)31-19-25(10-11-36-31)21-43-13-4-6-27(22-43)39-32(45)7-5-12-42(2)3/h5,7-11,18-20,23,27H,4,6,12-17,21-22H2,1-3H3,(H,39,45)(H,41,46)(H,37,38,40)/b7-5+. The largest absolute Gasteiger partial charge is 0.378 e. The van der Waals surface area contributed by atoms with Crippen molar-refractivity contribution < 1.29 is 14.3 Å². The van der Waals surface area contributed by atoms with E-state index in [0.717, 1.165) is 90.5 Å². The first-order chi connectivity index (χ1) is 22.8. The van der Waals surface area contributed by atoms with Crippen LogP contribution in [0.1, 0.15) is 34.5 Å². The highest BCUT2D eigenvalue weighted by atomic mass is 16.5. The number of hydrogen-bond acceptors (Lipinski definition) is 9. The summed E-state index contributed by atoms with van der Waals surface area (Å²) in [6.45, 7) is 8.06. The van der Waals surface area contributed by atoms with Crippen LogP contribution in [0.5, 0.6) is 0 Å². The number of H-pyrrole nitrogens is 1. The van der Waals surface area contributed by atoms with Gasteiger partial charge in [-0.15, -0.1) is 0 Å². The van der Waals surface area contributed by atoms with E-state index in [1.54, 1.807) is 18.6 Å². The van der Waals surface area contributed by atoms with Gasteiger partial charge in [-0.2, -0.15) is 0 Å². The summed E-state index contributed by atoms with van der Waals surface area (Å²) >= 11 is 0. The molecule has 12 nitrogen and oxygen atoms in total. The van der Waals surface area contributed by atoms with Gasteiger partial charge in [0.2, 0.25) is 5.91 Å². The maximum atomic E-state index is 13.3. The van der Waals surface area contributed by atoms with E-state index in [1.807, 2.05) is 56.3 Å². The van der Waals surface area contributed by atoms with Crippen molar-refractivity contribution in [2.24, 2.45) is 0 Å². The fraction of sp³-hybridized carbons (Fsp3) is 0.400. The van der Waals surface area contributed by atoms with Crippen LogP contribution in [0.15, 0.2) is 61.1 Å². The van der Waals surface area contributed by atoms with E-state index < -0.39 is 0 Å². The van der Waals surface area contributed by atoms with Gasteiger partial charge in [0.25, 0.3) is 5.91 Å². The van der Waals surface area contributed by atoms with Crippen molar-refractivity contribution in [2.45, 2.75) is 32.4 Å². The van der Waals surface area contributed by atoms with E-state index in [1.165, 1.54) is 0 Å². The smallest absolute Gasteiger partial charge is 0.274 e. The molecule has 3 aromatic heterocycles. The molecule has 0 saturated carbocycles. The van der Waals surface area contributed by atoms with Crippen LogP contribution >= 0.6 is 0 Å². The van der Waals surface area contributed by atoms with Crippen molar-refractivity contribution in [2.75, 3.05) is 70.2 Å². The molecule has 3 N–H and O–H groups in total. The van der Waals surface area contributed by atoms with Crippen LogP contribution in [0.2, 0.25) is 0 Å². The number of likely N-dealkylation sites (tertiary alicyclic amines) is 1. The molecule has 12 heteroatoms. The molecule has 2 saturated heterocycles. The number of pyridine rings is 1. The average Bonchev–Trinajstić information content (AvgIpc) is 3.51. The highest BCUT2D eigenvalue weighted by Gasteiger charge is 2.22. The monoisotopic (exact) mass is 637 g/mol. The number of piperidine rings is 1. The average molecular weight is 638 g/mol. The number of nitrogens with one attached hydrogen (secondary N) is 3. The molecule has 5 heterocycles. The molecule has 4 aromatic rings. The van der Waals surface area contributed by atoms with Gasteiger partial charge < -0.3 is 30.2 Å². The quantitative estimate of drug-likeness (QED) is 0.223. The van der Waals surface area contributed by atoms with Crippen molar-refractivity contribution in [3.05, 3.63) is 77.9 Å². The summed E-state index contributed by atoms with van der Waals surface area (Å²) in [6.07, 6.45) is 8.72. The second kappa shape index (κ2) is 14.8. The molecular formula is C35H43N9O3. The molecule has 0 aliphatic carbocycles. The first-order valence-electron chi connectivity index (χ1n) is 16.2. The maximum absolute atomic E-state index is 13.3. The minimum atomic E-state index is -0.257. The second-order valence-corrected chi connectivity index (χ2v) is 12.5. The third kappa shape index (κ3) is 8.20. The number of ether oxygens (including phenoxy) is 1. The van der Waals surface area contributed by atoms with Crippen LogP contribution in [0.25, 0.3) is 22.3 Å². The summed E-state index contributed by atoms with van der Waals surface area (Å²) in [5.74, 6) is 0.595. The first kappa shape index (κ1) is 32.3. The lowest BCUT2D eigenvalue weighted by Crippen LogP contribution is -2.47. The minimum absolute atomic E-state index is 0.0570. The number of carbonyl (C=O) groups excluding carboxylic acids is 2. The van der Waals surface area contributed by atoms with E-state index in [2.05, 4.69) is 52.5 Å². The van der Waals surface area contributed by atoms with E-state index >= 15 is 0 Å². The molecule has 2 amide bonds. The molecule has 2 fully saturated rings. The molecule has 6 rings (SSSR count). The second-order valence-electron chi connectivity index (χ2n) is 12.5. The number of rotatable bonds is 10. The molecule has 2 aliphatic rings. The van der Waals surface area contributed by atoms with E-state index in [0.29, 0.717) is 25.5 Å². The molecule has 1 unspecified atom stereocenters. The molecule has 0 spiro atoms. The van der Waals surface area contributed by atoms with Crippen molar-refractivity contribution in [3.63, 3.8) is 0 Å². The zero-order valence-electron chi connectivity index (χ0n) is 27.3. The Morgan fingerprint density at radius 1 is 1.09 bits per heavy atom. The lowest BCUT2D eigenvalue weighted by atomic mass is 10.0. The number of morpholine rings is 1. The number of aromatic amines is 1. The highest BCUT2D eigenvalue weighted by molar-refractivity contribution is 6.03. The first-order valence-corrected chi connectivity index (χ1v) is 16.2. The molecule has 2 aliphatic heterocycles. The number of anilines is 2. The van der Waals surface area contributed by atoms with Gasteiger partial charge in [0.1, 0.15) is 23.5 Å². The number of aryl methyl sites for hydroxylation is 1. The van der Waals surface area contributed by atoms with Crippen LogP contribution < -0.4 is 15.5 Å². The van der Waals surface area contributed by atoms with Crippen LogP contribution in [-0.4, -0.2) is 108 Å². The minimum Gasteiger partial charge on any atom is -0.378 e. The Hall–Kier alpha value is -4.65. The fourth-order valence-electron chi connectivity index (χ4n) is 6.16. The van der Waals surface area contributed by atoms with Crippen molar-refractivity contribution in [1.82, 2.24) is 35.1 Å². The Bertz CT molecular complexity index is 1750. The van der Waals surface area contributed by atoms with Gasteiger partial charge >= 0.3 is 0 Å². The number of amides is 2. The van der Waals surface area contributed by atoms with Gasteiger partial charge in [-0.1, -0.05) is 12.1 Å². The van der Waals surface area contributed by atoms with Gasteiger partial charge in [0.05, 0.1) is 18.6 Å². The summed E-state index contributed by atoms with van der Waals surface area (Å²) in [5.41, 5.74) is 5.75. The topological polar surface area (TPSA) is 132 Å². The normalized spacial score (nSPS) is 17.4. The molecule has 246 valence electrons.